The molecule has 0 fully saturated rings. The number of carboxylic acid groups (broad SMARTS) is 1. The van der Waals surface area contributed by atoms with E-state index >= 15 is 0 Å². The summed E-state index contributed by atoms with van der Waals surface area (Å²) in [5, 5.41) is 14.8. The predicted octanol–water partition coefficient (Wildman–Crippen LogP) is 4.63. The molecule has 1 aliphatic carbocycles. The third-order valence-electron chi connectivity index (χ3n) is 6.13. The molecule has 0 aromatic heterocycles. The van der Waals surface area contributed by atoms with E-state index in [-0.39, 0.29) is 32.1 Å². The molecule has 0 saturated heterocycles. The first kappa shape index (κ1) is 25.5. The van der Waals surface area contributed by atoms with Gasteiger partial charge >= 0.3 is 18.2 Å². The van der Waals surface area contributed by atoms with E-state index in [9.17, 15) is 19.5 Å². The van der Waals surface area contributed by atoms with Crippen LogP contribution in [0, 0.1) is 0 Å². The molecule has 0 saturated carbocycles. The van der Waals surface area contributed by atoms with E-state index in [1.165, 1.54) is 6.08 Å². The summed E-state index contributed by atoms with van der Waals surface area (Å²) in [4.78, 5) is 36.1. The fourth-order valence-corrected chi connectivity index (χ4v) is 4.44. The topological polar surface area (TPSA) is 114 Å². The first-order chi connectivity index (χ1) is 18.0. The monoisotopic (exact) mass is 500 g/mol. The number of aliphatic carboxylic acids is 1. The van der Waals surface area contributed by atoms with Gasteiger partial charge in [-0.2, -0.15) is 0 Å². The maximum absolute atomic E-state index is 12.6. The minimum Gasteiger partial charge on any atom is -0.480 e. The van der Waals surface area contributed by atoms with Gasteiger partial charge in [0.1, 0.15) is 19.3 Å². The van der Waals surface area contributed by atoms with Crippen LogP contribution in [-0.4, -0.2) is 42.5 Å². The quantitative estimate of drug-likeness (QED) is 0.350. The molecule has 0 heterocycles. The van der Waals surface area contributed by atoms with Crippen molar-refractivity contribution in [3.63, 3.8) is 0 Å². The van der Waals surface area contributed by atoms with Crippen molar-refractivity contribution in [3.8, 4) is 11.1 Å². The Morgan fingerprint density at radius 2 is 1.54 bits per heavy atom. The van der Waals surface area contributed by atoms with E-state index in [2.05, 4.69) is 17.2 Å². The largest absolute Gasteiger partial charge is 0.480 e. The lowest BCUT2D eigenvalue weighted by atomic mass is 9.98. The first-order valence-electron chi connectivity index (χ1n) is 11.9. The molecular weight excluding hydrogens is 472 g/mol. The van der Waals surface area contributed by atoms with Crippen LogP contribution in [0.15, 0.2) is 85.5 Å². The molecule has 0 aliphatic heterocycles. The Morgan fingerprint density at radius 3 is 2.19 bits per heavy atom. The van der Waals surface area contributed by atoms with Crippen LogP contribution in [0.5, 0.6) is 0 Å². The van der Waals surface area contributed by atoms with Crippen molar-refractivity contribution in [1.82, 2.24) is 10.6 Å². The molecule has 3 N–H and O–H groups in total. The molecule has 8 nitrogen and oxygen atoms in total. The summed E-state index contributed by atoms with van der Waals surface area (Å²) >= 11 is 0. The molecule has 3 aromatic carbocycles. The number of hydrogen-bond donors (Lipinski definition) is 3. The molecule has 1 unspecified atom stereocenters. The van der Waals surface area contributed by atoms with Crippen LogP contribution in [-0.2, 0) is 27.2 Å². The van der Waals surface area contributed by atoms with E-state index in [0.717, 1.165) is 27.8 Å². The summed E-state index contributed by atoms with van der Waals surface area (Å²) in [6.45, 7) is 3.89. The average Bonchev–Trinajstić information content (AvgIpc) is 3.23. The number of alkyl carbamates (subject to hydrolysis) is 2. The second kappa shape index (κ2) is 11.9. The maximum Gasteiger partial charge on any atom is 0.407 e. The number of amides is 2. The van der Waals surface area contributed by atoms with E-state index in [1.807, 2.05) is 48.5 Å². The number of carbonyl (C=O) groups excluding carboxylic acids is 2. The van der Waals surface area contributed by atoms with Crippen LogP contribution >= 0.6 is 0 Å². The number of carbonyl (C=O) groups is 3. The minimum atomic E-state index is -1.18. The molecule has 0 radical (unpaired) electrons. The third kappa shape index (κ3) is 6.35. The molecule has 37 heavy (non-hydrogen) atoms. The summed E-state index contributed by atoms with van der Waals surface area (Å²) in [6.07, 6.45) is 0.145. The first-order valence-corrected chi connectivity index (χ1v) is 11.9. The highest BCUT2D eigenvalue weighted by molar-refractivity contribution is 5.81. The van der Waals surface area contributed by atoms with E-state index < -0.39 is 24.2 Å². The highest BCUT2D eigenvalue weighted by Crippen LogP contribution is 2.44. The second-order valence-corrected chi connectivity index (χ2v) is 8.63. The highest BCUT2D eigenvalue weighted by Gasteiger charge is 2.29. The van der Waals surface area contributed by atoms with Gasteiger partial charge in [-0.05, 0) is 33.4 Å². The lowest BCUT2D eigenvalue weighted by Crippen LogP contribution is -2.43. The van der Waals surface area contributed by atoms with Crippen LogP contribution in [0.4, 0.5) is 9.59 Å². The normalized spacial score (nSPS) is 12.5. The van der Waals surface area contributed by atoms with Crippen molar-refractivity contribution in [2.45, 2.75) is 24.9 Å². The number of nitrogens with one attached hydrogen (secondary N) is 2. The zero-order chi connectivity index (χ0) is 26.2. The molecule has 1 aliphatic rings. The van der Waals surface area contributed by atoms with Crippen molar-refractivity contribution >= 4 is 18.2 Å². The van der Waals surface area contributed by atoms with Crippen molar-refractivity contribution in [3.05, 3.63) is 108 Å². The molecule has 0 bridgehead atoms. The van der Waals surface area contributed by atoms with Crippen LogP contribution in [0.2, 0.25) is 0 Å². The Labute approximate surface area is 214 Å². The van der Waals surface area contributed by atoms with Gasteiger partial charge in [0.05, 0.1) is 0 Å². The van der Waals surface area contributed by atoms with Crippen molar-refractivity contribution in [2.75, 3.05) is 13.2 Å². The molecular formula is C29H28N2O6. The molecule has 4 rings (SSSR count). The van der Waals surface area contributed by atoms with Gasteiger partial charge < -0.3 is 25.2 Å². The molecule has 190 valence electrons. The van der Waals surface area contributed by atoms with Crippen molar-refractivity contribution in [1.29, 1.82) is 0 Å². The van der Waals surface area contributed by atoms with Crippen molar-refractivity contribution < 1.29 is 29.0 Å². The lowest BCUT2D eigenvalue weighted by Gasteiger charge is -2.18. The lowest BCUT2D eigenvalue weighted by molar-refractivity contribution is -0.139. The standard InChI is InChI=1S/C29H28N2O6/c1-2-14-36-28(34)30-17-20-9-7-8-19(15-20)16-26(27(32)33)31-29(35)37-18-25-23-12-5-3-10-21(23)22-11-4-6-13-24(22)25/h2-13,15,25-26H,1,14,16-18H2,(H,30,34)(H,31,35)(H,32,33). The van der Waals surface area contributed by atoms with Crippen LogP contribution in [0.1, 0.15) is 28.2 Å². The Hall–Kier alpha value is -4.59. The Balaban J connectivity index is 1.35. The number of hydrogen-bond acceptors (Lipinski definition) is 5. The fraction of sp³-hybridized carbons (Fsp3) is 0.207. The number of ether oxygens (including phenoxy) is 2. The fourth-order valence-electron chi connectivity index (χ4n) is 4.44. The molecule has 0 spiro atoms. The molecule has 8 heteroatoms. The maximum atomic E-state index is 12.6. The summed E-state index contributed by atoms with van der Waals surface area (Å²) < 4.78 is 10.4. The van der Waals surface area contributed by atoms with Gasteiger partial charge in [-0.15, -0.1) is 0 Å². The van der Waals surface area contributed by atoms with Crippen LogP contribution in [0.25, 0.3) is 11.1 Å². The Bertz CT molecular complexity index is 1260. The van der Waals surface area contributed by atoms with Gasteiger partial charge in [-0.1, -0.05) is 85.5 Å². The van der Waals surface area contributed by atoms with Crippen molar-refractivity contribution in [2.24, 2.45) is 0 Å². The van der Waals surface area contributed by atoms with Crippen LogP contribution < -0.4 is 10.6 Å². The summed E-state index contributed by atoms with van der Waals surface area (Å²) in [5.74, 6) is -1.30. The molecule has 1 atom stereocenters. The Morgan fingerprint density at radius 1 is 0.892 bits per heavy atom. The Kier molecular flexibility index (Phi) is 8.20. The van der Waals surface area contributed by atoms with Gasteiger partial charge in [0.2, 0.25) is 0 Å². The number of fused-ring (bicyclic) bond motifs is 3. The van der Waals surface area contributed by atoms with Crippen LogP contribution in [0.3, 0.4) is 0 Å². The number of carboxylic acids is 1. The average molecular weight is 501 g/mol. The van der Waals surface area contributed by atoms with E-state index in [4.69, 9.17) is 9.47 Å². The van der Waals surface area contributed by atoms with E-state index in [0.29, 0.717) is 5.56 Å². The summed E-state index contributed by atoms with van der Waals surface area (Å²) in [7, 11) is 0. The predicted molar refractivity (Wildman–Crippen MR) is 138 cm³/mol. The number of benzene rings is 3. The van der Waals surface area contributed by atoms with Gasteiger partial charge in [-0.25, -0.2) is 14.4 Å². The zero-order valence-electron chi connectivity index (χ0n) is 20.2. The smallest absolute Gasteiger partial charge is 0.407 e. The van der Waals surface area contributed by atoms with Gasteiger partial charge in [0.25, 0.3) is 0 Å². The minimum absolute atomic E-state index is 0.0499. The van der Waals surface area contributed by atoms with Gasteiger partial charge in [-0.3, -0.25) is 0 Å². The SMILES string of the molecule is C=CCOC(=O)NCc1cccc(CC(NC(=O)OCC2c3ccccc3-c3ccccc32)C(=O)O)c1. The second-order valence-electron chi connectivity index (χ2n) is 8.63. The third-order valence-corrected chi connectivity index (χ3v) is 6.13. The highest BCUT2D eigenvalue weighted by atomic mass is 16.6. The van der Waals surface area contributed by atoms with Gasteiger partial charge in [0, 0.05) is 18.9 Å². The summed E-state index contributed by atoms with van der Waals surface area (Å²) in [6, 6.07) is 21.9. The summed E-state index contributed by atoms with van der Waals surface area (Å²) in [5.41, 5.74) is 5.82. The van der Waals surface area contributed by atoms with E-state index in [1.54, 1.807) is 24.3 Å². The number of rotatable bonds is 10. The zero-order valence-corrected chi connectivity index (χ0v) is 20.2. The molecule has 3 aromatic rings. The molecule has 2 amide bonds. The van der Waals surface area contributed by atoms with Gasteiger partial charge in [0.15, 0.2) is 0 Å².